The minimum atomic E-state index is -3.21. The standard InChI is InChI=1S/C21H26N4O3S2/c1-4-28-19-11-9-18(10-12-19)25-20(17-8-5-7-16(2)15-17)23-24-21(25)29-13-6-14-30(26,27)22-3/h5,7-12,15,22H,4,6,13-14H2,1-3H3. The first-order valence-electron chi connectivity index (χ1n) is 9.73. The number of nitrogens with one attached hydrogen (secondary N) is 1. The topological polar surface area (TPSA) is 86.1 Å². The molecule has 9 heteroatoms. The van der Waals surface area contributed by atoms with Gasteiger partial charge in [0, 0.05) is 17.0 Å². The maximum absolute atomic E-state index is 11.6. The van der Waals surface area contributed by atoms with Crippen molar-refractivity contribution in [1.82, 2.24) is 19.5 Å². The second-order valence-corrected chi connectivity index (χ2v) is 9.77. The highest BCUT2D eigenvalue weighted by Gasteiger charge is 2.17. The Morgan fingerprint density at radius 3 is 2.57 bits per heavy atom. The summed E-state index contributed by atoms with van der Waals surface area (Å²) in [5, 5.41) is 9.55. The lowest BCUT2D eigenvalue weighted by Crippen LogP contribution is -2.22. The van der Waals surface area contributed by atoms with Gasteiger partial charge in [-0.15, -0.1) is 10.2 Å². The molecule has 0 aliphatic heterocycles. The zero-order valence-electron chi connectivity index (χ0n) is 17.3. The Labute approximate surface area is 181 Å². The summed E-state index contributed by atoms with van der Waals surface area (Å²) >= 11 is 1.49. The molecule has 0 saturated heterocycles. The number of benzene rings is 2. The van der Waals surface area contributed by atoms with Gasteiger partial charge in [0.05, 0.1) is 12.4 Å². The Bertz CT molecular complexity index is 1080. The number of sulfonamides is 1. The van der Waals surface area contributed by atoms with Crippen molar-refractivity contribution in [2.45, 2.75) is 25.4 Å². The van der Waals surface area contributed by atoms with Crippen LogP contribution in [0.1, 0.15) is 18.9 Å². The monoisotopic (exact) mass is 446 g/mol. The third kappa shape index (κ3) is 5.62. The maximum Gasteiger partial charge on any atom is 0.211 e. The summed E-state index contributed by atoms with van der Waals surface area (Å²) in [7, 11) is -1.78. The number of thioether (sulfide) groups is 1. The lowest BCUT2D eigenvalue weighted by molar-refractivity contribution is 0.340. The normalized spacial score (nSPS) is 11.6. The maximum atomic E-state index is 11.6. The molecule has 1 heterocycles. The van der Waals surface area contributed by atoms with Crippen LogP contribution in [0, 0.1) is 6.92 Å². The molecule has 7 nitrogen and oxygen atoms in total. The van der Waals surface area contributed by atoms with Crippen molar-refractivity contribution in [3.05, 3.63) is 54.1 Å². The number of aromatic nitrogens is 3. The van der Waals surface area contributed by atoms with E-state index in [1.807, 2.05) is 60.9 Å². The molecule has 2 aromatic carbocycles. The van der Waals surface area contributed by atoms with E-state index in [9.17, 15) is 8.42 Å². The van der Waals surface area contributed by atoms with Crippen LogP contribution in [0.3, 0.4) is 0 Å². The SMILES string of the molecule is CCOc1ccc(-n2c(SCCCS(=O)(=O)NC)nnc2-c2cccc(C)c2)cc1. The lowest BCUT2D eigenvalue weighted by atomic mass is 10.1. The molecule has 0 aliphatic carbocycles. The number of rotatable bonds is 10. The third-order valence-corrected chi connectivity index (χ3v) is 6.88. The second kappa shape index (κ2) is 10.1. The first-order chi connectivity index (χ1) is 14.4. The molecular formula is C21H26N4O3S2. The molecule has 0 aliphatic rings. The second-order valence-electron chi connectivity index (χ2n) is 6.66. The summed E-state index contributed by atoms with van der Waals surface area (Å²) in [4.78, 5) is 0. The van der Waals surface area contributed by atoms with Gasteiger partial charge in [0.25, 0.3) is 0 Å². The van der Waals surface area contributed by atoms with E-state index in [-0.39, 0.29) is 5.75 Å². The summed E-state index contributed by atoms with van der Waals surface area (Å²) < 4.78 is 33.2. The fourth-order valence-electron chi connectivity index (χ4n) is 2.94. The average Bonchev–Trinajstić information content (AvgIpc) is 3.16. The van der Waals surface area contributed by atoms with Crippen LogP contribution in [0.15, 0.2) is 53.7 Å². The Morgan fingerprint density at radius 1 is 1.13 bits per heavy atom. The predicted octanol–water partition coefficient (Wildman–Crippen LogP) is 3.67. The van der Waals surface area contributed by atoms with E-state index >= 15 is 0 Å². The Hall–Kier alpha value is -2.36. The highest BCUT2D eigenvalue weighted by molar-refractivity contribution is 7.99. The van der Waals surface area contributed by atoms with E-state index in [1.165, 1.54) is 18.8 Å². The van der Waals surface area contributed by atoms with Crippen LogP contribution in [-0.4, -0.2) is 48.3 Å². The summed E-state index contributed by atoms with van der Waals surface area (Å²) in [6.07, 6.45) is 0.518. The van der Waals surface area contributed by atoms with Crippen molar-refractivity contribution in [3.63, 3.8) is 0 Å². The van der Waals surface area contributed by atoms with Crippen molar-refractivity contribution in [3.8, 4) is 22.8 Å². The van der Waals surface area contributed by atoms with Gasteiger partial charge in [-0.2, -0.15) is 0 Å². The number of aryl methyl sites for hydroxylation is 1. The van der Waals surface area contributed by atoms with E-state index in [4.69, 9.17) is 4.74 Å². The summed E-state index contributed by atoms with van der Waals surface area (Å²) in [5.41, 5.74) is 3.03. The molecule has 1 N–H and O–H groups in total. The molecule has 0 amide bonds. The molecule has 30 heavy (non-hydrogen) atoms. The van der Waals surface area contributed by atoms with Crippen LogP contribution in [0.5, 0.6) is 5.75 Å². The summed E-state index contributed by atoms with van der Waals surface area (Å²) in [5.74, 6) is 2.24. The van der Waals surface area contributed by atoms with Crippen molar-refractivity contribution < 1.29 is 13.2 Å². The first kappa shape index (κ1) is 22.3. The van der Waals surface area contributed by atoms with E-state index in [0.717, 1.165) is 33.5 Å². The molecule has 0 bridgehead atoms. The van der Waals surface area contributed by atoms with E-state index in [2.05, 4.69) is 21.0 Å². The quantitative estimate of drug-likeness (QED) is 0.378. The van der Waals surface area contributed by atoms with Gasteiger partial charge in [0.2, 0.25) is 10.0 Å². The zero-order valence-corrected chi connectivity index (χ0v) is 19.0. The van der Waals surface area contributed by atoms with Crippen molar-refractivity contribution >= 4 is 21.8 Å². The molecular weight excluding hydrogens is 420 g/mol. The number of ether oxygens (including phenoxy) is 1. The first-order valence-corrected chi connectivity index (χ1v) is 12.4. The molecule has 0 fully saturated rings. The van der Waals surface area contributed by atoms with Gasteiger partial charge >= 0.3 is 0 Å². The molecule has 3 aromatic rings. The van der Waals surface area contributed by atoms with Crippen LogP contribution in [0.25, 0.3) is 17.1 Å². The van der Waals surface area contributed by atoms with Gasteiger partial charge in [-0.25, -0.2) is 13.1 Å². The molecule has 0 atom stereocenters. The molecule has 0 spiro atoms. The minimum absolute atomic E-state index is 0.0818. The van der Waals surface area contributed by atoms with E-state index in [0.29, 0.717) is 18.8 Å². The fraction of sp³-hybridized carbons (Fsp3) is 0.333. The van der Waals surface area contributed by atoms with Crippen molar-refractivity contribution in [2.24, 2.45) is 0 Å². The molecule has 0 radical (unpaired) electrons. The minimum Gasteiger partial charge on any atom is -0.494 e. The van der Waals surface area contributed by atoms with Gasteiger partial charge < -0.3 is 4.74 Å². The van der Waals surface area contributed by atoms with Gasteiger partial charge in [-0.05, 0) is 57.6 Å². The number of hydrogen-bond donors (Lipinski definition) is 1. The van der Waals surface area contributed by atoms with E-state index < -0.39 is 10.0 Å². The largest absolute Gasteiger partial charge is 0.494 e. The Kier molecular flexibility index (Phi) is 7.52. The highest BCUT2D eigenvalue weighted by atomic mass is 32.2. The average molecular weight is 447 g/mol. The van der Waals surface area contributed by atoms with Crippen LogP contribution in [0.4, 0.5) is 0 Å². The molecule has 1 aromatic heterocycles. The smallest absolute Gasteiger partial charge is 0.211 e. The molecule has 0 unspecified atom stereocenters. The molecule has 3 rings (SSSR count). The fourth-order valence-corrected chi connectivity index (χ4v) is 4.74. The zero-order chi connectivity index (χ0) is 21.6. The molecule has 0 saturated carbocycles. The Morgan fingerprint density at radius 2 is 1.90 bits per heavy atom. The van der Waals surface area contributed by atoms with Gasteiger partial charge in [-0.3, -0.25) is 4.57 Å². The Balaban J connectivity index is 1.90. The summed E-state index contributed by atoms with van der Waals surface area (Å²) in [6.45, 7) is 4.60. The van der Waals surface area contributed by atoms with Gasteiger partial charge in [0.1, 0.15) is 5.75 Å². The highest BCUT2D eigenvalue weighted by Crippen LogP contribution is 2.29. The van der Waals surface area contributed by atoms with Gasteiger partial charge in [0.15, 0.2) is 11.0 Å². The van der Waals surface area contributed by atoms with Crippen LogP contribution in [-0.2, 0) is 10.0 Å². The van der Waals surface area contributed by atoms with Crippen LogP contribution < -0.4 is 9.46 Å². The molecule has 160 valence electrons. The van der Waals surface area contributed by atoms with Crippen molar-refractivity contribution in [1.29, 1.82) is 0 Å². The van der Waals surface area contributed by atoms with Gasteiger partial charge in [-0.1, -0.05) is 35.5 Å². The third-order valence-electron chi connectivity index (χ3n) is 4.42. The lowest BCUT2D eigenvalue weighted by Gasteiger charge is -2.12. The van der Waals surface area contributed by atoms with Crippen LogP contribution >= 0.6 is 11.8 Å². The van der Waals surface area contributed by atoms with E-state index in [1.54, 1.807) is 0 Å². The number of nitrogens with zero attached hydrogens (tertiary/aromatic N) is 3. The summed E-state index contributed by atoms with van der Waals surface area (Å²) in [6, 6.07) is 15.9. The predicted molar refractivity (Wildman–Crippen MR) is 121 cm³/mol. The number of hydrogen-bond acceptors (Lipinski definition) is 6. The van der Waals surface area contributed by atoms with Crippen LogP contribution in [0.2, 0.25) is 0 Å². The van der Waals surface area contributed by atoms with Crippen molar-refractivity contribution in [2.75, 3.05) is 25.2 Å².